The number of halogens is 2. The molecule has 0 saturated carbocycles. The van der Waals surface area contributed by atoms with Crippen LogP contribution in [0.3, 0.4) is 0 Å². The molecule has 0 radical (unpaired) electrons. The number of benzene rings is 3. The SMILES string of the molecule is O=C(CSCc1ccccc1Cl)Nc1ccc(Cl)cc1C(=O)c1ccccc1. The molecule has 28 heavy (non-hydrogen) atoms. The average Bonchev–Trinajstić information content (AvgIpc) is 2.71. The van der Waals surface area contributed by atoms with Gasteiger partial charge in [-0.1, -0.05) is 71.7 Å². The van der Waals surface area contributed by atoms with E-state index in [2.05, 4.69) is 5.32 Å². The third kappa shape index (κ3) is 5.38. The number of thioether (sulfide) groups is 1. The first-order chi connectivity index (χ1) is 13.5. The van der Waals surface area contributed by atoms with Crippen LogP contribution in [0.15, 0.2) is 72.8 Å². The Kier molecular flexibility index (Phi) is 7.15. The first kappa shape index (κ1) is 20.5. The van der Waals surface area contributed by atoms with Crippen LogP contribution in [0.4, 0.5) is 5.69 Å². The lowest BCUT2D eigenvalue weighted by Gasteiger charge is -2.11. The first-order valence-corrected chi connectivity index (χ1v) is 10.5. The molecule has 3 rings (SSSR count). The number of amides is 1. The largest absolute Gasteiger partial charge is 0.325 e. The summed E-state index contributed by atoms with van der Waals surface area (Å²) < 4.78 is 0. The van der Waals surface area contributed by atoms with Crippen LogP contribution in [0.25, 0.3) is 0 Å². The molecule has 0 aliphatic carbocycles. The number of hydrogen-bond donors (Lipinski definition) is 1. The van der Waals surface area contributed by atoms with Gasteiger partial charge in [-0.2, -0.15) is 0 Å². The van der Waals surface area contributed by atoms with Crippen LogP contribution in [-0.2, 0) is 10.5 Å². The summed E-state index contributed by atoms with van der Waals surface area (Å²) in [5.74, 6) is 0.486. The predicted octanol–water partition coefficient (Wildman–Crippen LogP) is 6.10. The van der Waals surface area contributed by atoms with Crippen molar-refractivity contribution < 1.29 is 9.59 Å². The Hall–Kier alpha value is -2.27. The van der Waals surface area contributed by atoms with E-state index in [1.165, 1.54) is 11.8 Å². The lowest BCUT2D eigenvalue weighted by Crippen LogP contribution is -2.17. The summed E-state index contributed by atoms with van der Waals surface area (Å²) in [6.45, 7) is 0. The Bertz CT molecular complexity index is 993. The van der Waals surface area contributed by atoms with Gasteiger partial charge in [0.1, 0.15) is 0 Å². The van der Waals surface area contributed by atoms with Crippen LogP contribution < -0.4 is 5.32 Å². The molecule has 6 heteroatoms. The van der Waals surface area contributed by atoms with Gasteiger partial charge in [0.05, 0.1) is 11.4 Å². The van der Waals surface area contributed by atoms with Gasteiger partial charge in [0, 0.05) is 26.9 Å². The Labute approximate surface area is 178 Å². The molecule has 1 N–H and O–H groups in total. The standard InChI is InChI=1S/C22H17Cl2NO2S/c23-17-10-11-20(18(12-17)22(27)15-6-2-1-3-7-15)25-21(26)14-28-13-16-8-4-5-9-19(16)24/h1-12H,13-14H2,(H,25,26). The zero-order valence-corrected chi connectivity index (χ0v) is 17.2. The monoisotopic (exact) mass is 429 g/mol. The van der Waals surface area contributed by atoms with Crippen molar-refractivity contribution in [3.8, 4) is 0 Å². The second-order valence-corrected chi connectivity index (χ2v) is 7.85. The Morgan fingerprint density at radius 3 is 2.36 bits per heavy atom. The fraction of sp³-hybridized carbons (Fsp3) is 0.0909. The van der Waals surface area contributed by atoms with Crippen LogP contribution in [-0.4, -0.2) is 17.4 Å². The van der Waals surface area contributed by atoms with Gasteiger partial charge in [-0.3, -0.25) is 9.59 Å². The molecule has 1 amide bonds. The maximum absolute atomic E-state index is 12.8. The molecular formula is C22H17Cl2NO2S. The number of carbonyl (C=O) groups is 2. The van der Waals surface area contributed by atoms with E-state index < -0.39 is 0 Å². The van der Waals surface area contributed by atoms with E-state index in [0.717, 1.165) is 5.56 Å². The van der Waals surface area contributed by atoms with Gasteiger partial charge in [-0.05, 0) is 29.8 Å². The van der Waals surface area contributed by atoms with Crippen LogP contribution in [0.5, 0.6) is 0 Å². The molecule has 3 nitrogen and oxygen atoms in total. The van der Waals surface area contributed by atoms with Crippen molar-refractivity contribution >= 4 is 52.3 Å². The van der Waals surface area contributed by atoms with Crippen LogP contribution in [0.1, 0.15) is 21.5 Å². The molecule has 3 aromatic rings. The second kappa shape index (κ2) is 9.78. The number of carbonyl (C=O) groups excluding carboxylic acids is 2. The van der Waals surface area contributed by atoms with E-state index in [4.69, 9.17) is 23.2 Å². The molecule has 0 aliphatic heterocycles. The molecule has 0 fully saturated rings. The summed E-state index contributed by atoms with van der Waals surface area (Å²) in [4.78, 5) is 25.2. The highest BCUT2D eigenvalue weighted by Crippen LogP contribution is 2.25. The fourth-order valence-electron chi connectivity index (χ4n) is 2.61. The molecule has 0 saturated heterocycles. The Morgan fingerprint density at radius 1 is 0.893 bits per heavy atom. The summed E-state index contributed by atoms with van der Waals surface area (Å²) in [5.41, 5.74) is 2.33. The highest BCUT2D eigenvalue weighted by atomic mass is 35.5. The minimum Gasteiger partial charge on any atom is -0.325 e. The number of anilines is 1. The maximum Gasteiger partial charge on any atom is 0.234 e. The van der Waals surface area contributed by atoms with E-state index >= 15 is 0 Å². The predicted molar refractivity (Wildman–Crippen MR) is 118 cm³/mol. The van der Waals surface area contributed by atoms with Crippen molar-refractivity contribution in [2.24, 2.45) is 0 Å². The first-order valence-electron chi connectivity index (χ1n) is 8.55. The van der Waals surface area contributed by atoms with Crippen LogP contribution >= 0.6 is 35.0 Å². The Balaban J connectivity index is 1.67. The zero-order valence-electron chi connectivity index (χ0n) is 14.8. The molecule has 0 unspecified atom stereocenters. The molecule has 142 valence electrons. The lowest BCUT2D eigenvalue weighted by molar-refractivity contribution is -0.113. The molecule has 0 aromatic heterocycles. The van der Waals surface area contributed by atoms with Gasteiger partial charge in [-0.25, -0.2) is 0 Å². The molecule has 0 atom stereocenters. The summed E-state index contributed by atoms with van der Waals surface area (Å²) in [7, 11) is 0. The van der Waals surface area contributed by atoms with Crippen molar-refractivity contribution in [3.05, 3.63) is 99.5 Å². The topological polar surface area (TPSA) is 46.2 Å². The number of hydrogen-bond acceptors (Lipinski definition) is 3. The van der Waals surface area contributed by atoms with Crippen molar-refractivity contribution in [1.29, 1.82) is 0 Å². The normalized spacial score (nSPS) is 10.5. The van der Waals surface area contributed by atoms with E-state index in [9.17, 15) is 9.59 Å². The van der Waals surface area contributed by atoms with Crippen molar-refractivity contribution in [1.82, 2.24) is 0 Å². The van der Waals surface area contributed by atoms with Crippen LogP contribution in [0.2, 0.25) is 10.0 Å². The number of rotatable bonds is 7. The molecular weight excluding hydrogens is 413 g/mol. The molecule has 3 aromatic carbocycles. The number of nitrogens with one attached hydrogen (secondary N) is 1. The summed E-state index contributed by atoms with van der Waals surface area (Å²) >= 11 is 13.7. The van der Waals surface area contributed by atoms with E-state index in [-0.39, 0.29) is 17.4 Å². The van der Waals surface area contributed by atoms with Gasteiger partial charge in [0.15, 0.2) is 5.78 Å². The molecule has 0 spiro atoms. The smallest absolute Gasteiger partial charge is 0.234 e. The highest BCUT2D eigenvalue weighted by Gasteiger charge is 2.16. The van der Waals surface area contributed by atoms with Crippen LogP contribution in [0, 0.1) is 0 Å². The maximum atomic E-state index is 12.8. The van der Waals surface area contributed by atoms with Gasteiger partial charge in [-0.15, -0.1) is 11.8 Å². The third-order valence-corrected chi connectivity index (χ3v) is 5.57. The van der Waals surface area contributed by atoms with Crippen molar-refractivity contribution in [2.75, 3.05) is 11.1 Å². The quantitative estimate of drug-likeness (QED) is 0.461. The molecule has 0 aliphatic rings. The highest BCUT2D eigenvalue weighted by molar-refractivity contribution is 7.99. The van der Waals surface area contributed by atoms with Gasteiger partial charge in [0.2, 0.25) is 5.91 Å². The summed E-state index contributed by atoms with van der Waals surface area (Å²) in [6.07, 6.45) is 0. The average molecular weight is 430 g/mol. The summed E-state index contributed by atoms with van der Waals surface area (Å²) in [6, 6.07) is 21.3. The third-order valence-electron chi connectivity index (χ3n) is 3.98. The lowest BCUT2D eigenvalue weighted by atomic mass is 10.0. The van der Waals surface area contributed by atoms with Crippen molar-refractivity contribution in [3.63, 3.8) is 0 Å². The van der Waals surface area contributed by atoms with Gasteiger partial charge < -0.3 is 5.32 Å². The fourth-order valence-corrected chi connectivity index (χ4v) is 3.90. The van der Waals surface area contributed by atoms with E-state index in [1.807, 2.05) is 30.3 Å². The van der Waals surface area contributed by atoms with Gasteiger partial charge in [0.25, 0.3) is 0 Å². The Morgan fingerprint density at radius 2 is 1.61 bits per heavy atom. The van der Waals surface area contributed by atoms with E-state index in [1.54, 1.807) is 42.5 Å². The summed E-state index contributed by atoms with van der Waals surface area (Å²) in [5, 5.41) is 3.94. The van der Waals surface area contributed by atoms with E-state index in [0.29, 0.717) is 32.6 Å². The van der Waals surface area contributed by atoms with Gasteiger partial charge >= 0.3 is 0 Å². The minimum absolute atomic E-state index is 0.192. The minimum atomic E-state index is -0.193. The second-order valence-electron chi connectivity index (χ2n) is 6.02. The number of ketones is 1. The van der Waals surface area contributed by atoms with Crippen molar-refractivity contribution in [2.45, 2.75) is 5.75 Å². The molecule has 0 bridgehead atoms. The molecule has 0 heterocycles. The zero-order chi connectivity index (χ0) is 19.9.